The summed E-state index contributed by atoms with van der Waals surface area (Å²) in [6.45, 7) is 0.408. The van der Waals surface area contributed by atoms with E-state index in [-0.39, 0.29) is 5.91 Å². The van der Waals surface area contributed by atoms with Crippen LogP contribution >= 0.6 is 11.6 Å². The average Bonchev–Trinajstić information content (AvgIpc) is 3.22. The van der Waals surface area contributed by atoms with Gasteiger partial charge in [0.2, 0.25) is 0 Å². The number of halogens is 1. The molecule has 3 N–H and O–H groups in total. The first kappa shape index (κ1) is 20.7. The van der Waals surface area contributed by atoms with Gasteiger partial charge < -0.3 is 11.1 Å². The predicted molar refractivity (Wildman–Crippen MR) is 129 cm³/mol. The van der Waals surface area contributed by atoms with E-state index in [2.05, 4.69) is 15.3 Å². The van der Waals surface area contributed by atoms with Crippen LogP contribution in [-0.4, -0.2) is 25.4 Å². The Morgan fingerprint density at radius 1 is 0.939 bits per heavy atom. The van der Waals surface area contributed by atoms with E-state index in [1.54, 1.807) is 24.4 Å². The minimum atomic E-state index is -0.117. The zero-order chi connectivity index (χ0) is 22.8. The highest BCUT2D eigenvalue weighted by atomic mass is 35.5. The fourth-order valence-electron chi connectivity index (χ4n) is 3.60. The number of nitrogens with zero attached hydrogens (tertiary/aromatic N) is 4. The minimum Gasteiger partial charge on any atom is -0.383 e. The number of benzene rings is 2. The van der Waals surface area contributed by atoms with Crippen molar-refractivity contribution in [2.45, 2.75) is 6.54 Å². The summed E-state index contributed by atoms with van der Waals surface area (Å²) in [5.74, 6) is 0.879. The second-order valence-electron chi connectivity index (χ2n) is 7.40. The number of anilines is 1. The summed E-state index contributed by atoms with van der Waals surface area (Å²) in [6, 6.07) is 24.1. The van der Waals surface area contributed by atoms with Crippen LogP contribution < -0.4 is 11.1 Å². The number of aromatic nitrogens is 4. The standard InChI is InChI=1S/C25H19ClN6O/c26-21-13-12-20-24(31-21)32(23(30-20)19-7-4-14-28-22(19)27)18-10-8-16(9-11-18)15-29-25(33)17-5-2-1-3-6-17/h1-14H,15H2,(H2,27,28)(H,29,33). The van der Waals surface area contributed by atoms with Crippen molar-refractivity contribution in [2.24, 2.45) is 0 Å². The van der Waals surface area contributed by atoms with Crippen molar-refractivity contribution in [3.8, 4) is 17.1 Å². The largest absolute Gasteiger partial charge is 0.383 e. The highest BCUT2D eigenvalue weighted by molar-refractivity contribution is 6.29. The normalized spacial score (nSPS) is 10.9. The number of imidazole rings is 1. The first-order valence-electron chi connectivity index (χ1n) is 10.3. The van der Waals surface area contributed by atoms with Crippen molar-refractivity contribution in [3.05, 3.63) is 101 Å². The number of nitrogens with two attached hydrogens (primary N) is 1. The molecule has 0 fully saturated rings. The maximum atomic E-state index is 12.3. The molecule has 0 aliphatic carbocycles. The molecule has 0 saturated heterocycles. The van der Waals surface area contributed by atoms with Gasteiger partial charge in [0.25, 0.3) is 5.91 Å². The number of nitrogens with one attached hydrogen (secondary N) is 1. The molecule has 0 bridgehead atoms. The number of nitrogen functional groups attached to an aromatic ring is 1. The second kappa shape index (κ2) is 8.72. The Kier molecular flexibility index (Phi) is 5.46. The molecule has 1 amide bonds. The molecule has 0 unspecified atom stereocenters. The van der Waals surface area contributed by atoms with Crippen molar-refractivity contribution in [3.63, 3.8) is 0 Å². The van der Waals surface area contributed by atoms with Gasteiger partial charge in [0, 0.05) is 24.0 Å². The van der Waals surface area contributed by atoms with Crippen molar-refractivity contribution >= 4 is 34.5 Å². The van der Waals surface area contributed by atoms with Gasteiger partial charge in [-0.3, -0.25) is 9.36 Å². The Morgan fingerprint density at radius 3 is 2.48 bits per heavy atom. The second-order valence-corrected chi connectivity index (χ2v) is 7.79. The molecular formula is C25H19ClN6O. The number of amides is 1. The van der Waals surface area contributed by atoms with E-state index in [0.717, 1.165) is 11.3 Å². The van der Waals surface area contributed by atoms with Gasteiger partial charge in [0.1, 0.15) is 16.5 Å². The molecular weight excluding hydrogens is 436 g/mol. The van der Waals surface area contributed by atoms with Gasteiger partial charge in [-0.1, -0.05) is 41.9 Å². The third kappa shape index (κ3) is 4.14. The SMILES string of the molecule is Nc1ncccc1-c1nc2ccc(Cl)nc2n1-c1ccc(CNC(=O)c2ccccc2)cc1. The summed E-state index contributed by atoms with van der Waals surface area (Å²) in [5.41, 5.74) is 10.6. The van der Waals surface area contributed by atoms with Crippen LogP contribution in [0.1, 0.15) is 15.9 Å². The molecule has 5 aromatic rings. The average molecular weight is 455 g/mol. The van der Waals surface area contributed by atoms with Crippen molar-refractivity contribution in [2.75, 3.05) is 5.73 Å². The lowest BCUT2D eigenvalue weighted by Gasteiger charge is -2.11. The van der Waals surface area contributed by atoms with Gasteiger partial charge in [0.15, 0.2) is 11.5 Å². The quantitative estimate of drug-likeness (QED) is 0.377. The van der Waals surface area contributed by atoms with E-state index in [0.29, 0.717) is 45.6 Å². The van der Waals surface area contributed by atoms with Gasteiger partial charge in [-0.05, 0) is 54.1 Å². The van der Waals surface area contributed by atoms with Gasteiger partial charge >= 0.3 is 0 Å². The van der Waals surface area contributed by atoms with Crippen LogP contribution in [0.5, 0.6) is 0 Å². The van der Waals surface area contributed by atoms with E-state index in [1.807, 2.05) is 65.2 Å². The summed E-state index contributed by atoms with van der Waals surface area (Å²) in [4.78, 5) is 25.7. The highest BCUT2D eigenvalue weighted by Gasteiger charge is 2.18. The molecule has 0 spiro atoms. The molecule has 3 aromatic heterocycles. The number of hydrogen-bond acceptors (Lipinski definition) is 5. The molecule has 33 heavy (non-hydrogen) atoms. The monoisotopic (exact) mass is 454 g/mol. The van der Waals surface area contributed by atoms with E-state index in [1.165, 1.54) is 0 Å². The zero-order valence-corrected chi connectivity index (χ0v) is 18.2. The third-order valence-electron chi connectivity index (χ3n) is 5.23. The summed E-state index contributed by atoms with van der Waals surface area (Å²) in [6.07, 6.45) is 1.64. The van der Waals surface area contributed by atoms with Crippen LogP contribution in [0.3, 0.4) is 0 Å². The Balaban J connectivity index is 1.49. The molecule has 2 aromatic carbocycles. The molecule has 0 aliphatic heterocycles. The summed E-state index contributed by atoms with van der Waals surface area (Å²) >= 11 is 6.18. The number of hydrogen-bond donors (Lipinski definition) is 2. The molecule has 0 aliphatic rings. The topological polar surface area (TPSA) is 98.7 Å². The first-order chi connectivity index (χ1) is 16.1. The Labute approximate surface area is 194 Å². The molecule has 0 radical (unpaired) electrons. The van der Waals surface area contributed by atoms with E-state index >= 15 is 0 Å². The molecule has 0 atom stereocenters. The lowest BCUT2D eigenvalue weighted by atomic mass is 10.1. The van der Waals surface area contributed by atoms with E-state index in [4.69, 9.17) is 22.3 Å². The fourth-order valence-corrected chi connectivity index (χ4v) is 3.75. The molecule has 3 heterocycles. The number of carbonyl (C=O) groups excluding carboxylic acids is 1. The fraction of sp³-hybridized carbons (Fsp3) is 0.0400. The van der Waals surface area contributed by atoms with Gasteiger partial charge in [-0.2, -0.15) is 0 Å². The maximum absolute atomic E-state index is 12.3. The Morgan fingerprint density at radius 2 is 1.73 bits per heavy atom. The molecule has 0 saturated carbocycles. The summed E-state index contributed by atoms with van der Waals surface area (Å²) < 4.78 is 1.90. The van der Waals surface area contributed by atoms with Crippen LogP contribution in [0.4, 0.5) is 5.82 Å². The predicted octanol–water partition coefficient (Wildman–Crippen LogP) is 4.65. The van der Waals surface area contributed by atoms with Crippen molar-refractivity contribution < 1.29 is 4.79 Å². The van der Waals surface area contributed by atoms with Gasteiger partial charge in [-0.15, -0.1) is 0 Å². The van der Waals surface area contributed by atoms with Crippen molar-refractivity contribution in [1.29, 1.82) is 0 Å². The zero-order valence-electron chi connectivity index (χ0n) is 17.4. The smallest absolute Gasteiger partial charge is 0.251 e. The lowest BCUT2D eigenvalue weighted by Crippen LogP contribution is -2.22. The van der Waals surface area contributed by atoms with Crippen LogP contribution in [0.15, 0.2) is 85.1 Å². The molecule has 8 heteroatoms. The summed E-state index contributed by atoms with van der Waals surface area (Å²) in [7, 11) is 0. The molecule has 162 valence electrons. The summed E-state index contributed by atoms with van der Waals surface area (Å²) in [5, 5.41) is 3.31. The molecule has 5 rings (SSSR count). The van der Waals surface area contributed by atoms with Gasteiger partial charge in [-0.25, -0.2) is 15.0 Å². The maximum Gasteiger partial charge on any atom is 0.251 e. The highest BCUT2D eigenvalue weighted by Crippen LogP contribution is 2.30. The van der Waals surface area contributed by atoms with Crippen LogP contribution in [0.25, 0.3) is 28.2 Å². The number of rotatable bonds is 5. The lowest BCUT2D eigenvalue weighted by molar-refractivity contribution is 0.0951. The first-order valence-corrected chi connectivity index (χ1v) is 10.7. The van der Waals surface area contributed by atoms with E-state index < -0.39 is 0 Å². The Hall–Kier alpha value is -4.23. The number of fused-ring (bicyclic) bond motifs is 1. The molecule has 7 nitrogen and oxygen atoms in total. The van der Waals surface area contributed by atoms with Gasteiger partial charge in [0.05, 0.1) is 5.56 Å². The minimum absolute atomic E-state index is 0.117. The Bertz CT molecular complexity index is 1450. The van der Waals surface area contributed by atoms with Crippen LogP contribution in [0, 0.1) is 0 Å². The van der Waals surface area contributed by atoms with E-state index in [9.17, 15) is 4.79 Å². The van der Waals surface area contributed by atoms with Crippen molar-refractivity contribution in [1.82, 2.24) is 24.8 Å². The number of pyridine rings is 2. The third-order valence-corrected chi connectivity index (χ3v) is 5.44. The number of carbonyl (C=O) groups is 1. The van der Waals surface area contributed by atoms with Crippen LogP contribution in [-0.2, 0) is 6.54 Å². The van der Waals surface area contributed by atoms with Crippen LogP contribution in [0.2, 0.25) is 5.15 Å².